The van der Waals surface area contributed by atoms with Gasteiger partial charge in [0.05, 0.1) is 20.1 Å². The Balaban J connectivity index is 1.54. The molecule has 1 saturated carbocycles. The average molecular weight is 330 g/mol. The van der Waals surface area contributed by atoms with Crippen LogP contribution in [0.3, 0.4) is 0 Å². The lowest BCUT2D eigenvalue weighted by Crippen LogP contribution is -2.51. The number of nitrogens with zero attached hydrogens (tertiary/aromatic N) is 2. The molecular formula is C20H32N3O+. The summed E-state index contributed by atoms with van der Waals surface area (Å²) >= 11 is 0. The molecule has 132 valence electrons. The van der Waals surface area contributed by atoms with E-state index < -0.39 is 0 Å². The number of quaternary nitrogens is 1. The maximum Gasteiger partial charge on any atom is 0.279 e. The van der Waals surface area contributed by atoms with E-state index in [2.05, 4.69) is 36.4 Å². The van der Waals surface area contributed by atoms with Gasteiger partial charge in [-0.1, -0.05) is 0 Å². The van der Waals surface area contributed by atoms with Crippen LogP contribution in [-0.2, 0) is 4.79 Å². The van der Waals surface area contributed by atoms with Gasteiger partial charge in [0.2, 0.25) is 0 Å². The Morgan fingerprint density at radius 2 is 1.67 bits per heavy atom. The lowest BCUT2D eigenvalue weighted by molar-refractivity contribution is -0.906. The summed E-state index contributed by atoms with van der Waals surface area (Å²) in [4.78, 5) is 14.9. The summed E-state index contributed by atoms with van der Waals surface area (Å²) in [6.07, 6.45) is 9.05. The average Bonchev–Trinajstić information content (AvgIpc) is 3.11. The van der Waals surface area contributed by atoms with E-state index in [0.29, 0.717) is 12.6 Å². The normalized spacial score (nSPS) is 19.5. The fraction of sp³-hybridized carbons (Fsp3) is 0.650. The highest BCUT2D eigenvalue weighted by Crippen LogP contribution is 2.27. The van der Waals surface area contributed by atoms with Gasteiger partial charge >= 0.3 is 0 Å². The van der Waals surface area contributed by atoms with Crippen molar-refractivity contribution in [1.29, 1.82) is 0 Å². The molecular weight excluding hydrogens is 298 g/mol. The van der Waals surface area contributed by atoms with Gasteiger partial charge in [-0.3, -0.25) is 4.79 Å². The predicted molar refractivity (Wildman–Crippen MR) is 100 cm³/mol. The van der Waals surface area contributed by atoms with Crippen molar-refractivity contribution in [3.05, 3.63) is 24.3 Å². The molecule has 1 aliphatic heterocycles. The molecule has 2 fully saturated rings. The second-order valence-corrected chi connectivity index (χ2v) is 8.02. The summed E-state index contributed by atoms with van der Waals surface area (Å²) in [6, 6.07) is 8.99. The number of likely N-dealkylation sites (N-methyl/N-ethyl adjacent to an activating group) is 1. The molecule has 0 atom stereocenters. The largest absolute Gasteiger partial charge is 0.372 e. The third-order valence-electron chi connectivity index (χ3n) is 5.74. The first kappa shape index (κ1) is 17.3. The maximum absolute atomic E-state index is 12.4. The molecule has 1 heterocycles. The monoisotopic (exact) mass is 330 g/mol. The lowest BCUT2D eigenvalue weighted by atomic mass is 10.1. The zero-order valence-electron chi connectivity index (χ0n) is 15.3. The fourth-order valence-electron chi connectivity index (χ4n) is 4.21. The van der Waals surface area contributed by atoms with Gasteiger partial charge in [-0.05, 0) is 69.2 Å². The second-order valence-electron chi connectivity index (χ2n) is 8.02. The van der Waals surface area contributed by atoms with E-state index >= 15 is 0 Å². The summed E-state index contributed by atoms with van der Waals surface area (Å²) in [5.41, 5.74) is 2.18. The van der Waals surface area contributed by atoms with E-state index in [-0.39, 0.29) is 5.91 Å². The van der Waals surface area contributed by atoms with Gasteiger partial charge in [-0.15, -0.1) is 0 Å². The van der Waals surface area contributed by atoms with Crippen LogP contribution in [0.2, 0.25) is 0 Å². The first-order chi connectivity index (χ1) is 11.5. The Morgan fingerprint density at radius 3 is 2.29 bits per heavy atom. The van der Waals surface area contributed by atoms with Crippen LogP contribution in [0.5, 0.6) is 0 Å². The Bertz CT molecular complexity index is 541. The number of hydrogen-bond acceptors (Lipinski definition) is 2. The lowest BCUT2D eigenvalue weighted by Gasteiger charge is -2.35. The SMILES string of the molecule is C[N+](C)(CC(=O)Nc1ccc(N2CCCCC2)cc1)C1CCCC1. The summed E-state index contributed by atoms with van der Waals surface area (Å²) in [5.74, 6) is 0.123. The molecule has 24 heavy (non-hydrogen) atoms. The molecule has 0 aromatic heterocycles. The third kappa shape index (κ3) is 4.29. The van der Waals surface area contributed by atoms with Gasteiger partial charge in [-0.25, -0.2) is 0 Å². The van der Waals surface area contributed by atoms with Crippen LogP contribution in [0.1, 0.15) is 44.9 Å². The number of hydrogen-bond donors (Lipinski definition) is 1. The van der Waals surface area contributed by atoms with Crippen molar-refractivity contribution in [3.8, 4) is 0 Å². The van der Waals surface area contributed by atoms with Crippen LogP contribution in [0.25, 0.3) is 0 Å². The summed E-state index contributed by atoms with van der Waals surface area (Å²) in [5, 5.41) is 3.08. The predicted octanol–water partition coefficient (Wildman–Crippen LogP) is 3.63. The van der Waals surface area contributed by atoms with Crippen LogP contribution in [0.4, 0.5) is 11.4 Å². The van der Waals surface area contributed by atoms with Gasteiger partial charge < -0.3 is 14.7 Å². The standard InChI is InChI=1S/C20H31N3O/c1-23(2,19-8-4-5-9-19)16-20(24)21-17-10-12-18(13-11-17)22-14-6-3-7-15-22/h10-13,19H,3-9,14-16H2,1-2H3/p+1. The van der Waals surface area contributed by atoms with Gasteiger partial charge in [0.25, 0.3) is 5.91 Å². The van der Waals surface area contributed by atoms with Gasteiger partial charge in [-0.2, -0.15) is 0 Å². The smallest absolute Gasteiger partial charge is 0.279 e. The van der Waals surface area contributed by atoms with E-state index in [1.54, 1.807) is 0 Å². The minimum atomic E-state index is 0.123. The number of benzene rings is 1. The summed E-state index contributed by atoms with van der Waals surface area (Å²) in [6.45, 7) is 2.86. The van der Waals surface area contributed by atoms with Crippen molar-refractivity contribution in [1.82, 2.24) is 0 Å². The number of piperidine rings is 1. The molecule has 4 nitrogen and oxygen atoms in total. The second kappa shape index (κ2) is 7.56. The minimum Gasteiger partial charge on any atom is -0.372 e. The summed E-state index contributed by atoms with van der Waals surface area (Å²) < 4.78 is 0.803. The van der Waals surface area contributed by atoms with Crippen LogP contribution in [0.15, 0.2) is 24.3 Å². The highest BCUT2D eigenvalue weighted by atomic mass is 16.2. The van der Waals surface area contributed by atoms with Crippen molar-refractivity contribution < 1.29 is 9.28 Å². The number of rotatable bonds is 5. The number of carbonyl (C=O) groups excluding carboxylic acids is 1. The van der Waals surface area contributed by atoms with Crippen LogP contribution in [-0.4, -0.2) is 50.2 Å². The number of amides is 1. The molecule has 2 aliphatic rings. The zero-order valence-corrected chi connectivity index (χ0v) is 15.3. The van der Waals surface area contributed by atoms with Gasteiger partial charge in [0.1, 0.15) is 0 Å². The van der Waals surface area contributed by atoms with Crippen LogP contribution >= 0.6 is 0 Å². The molecule has 3 rings (SSSR count). The molecule has 1 aromatic carbocycles. The van der Waals surface area contributed by atoms with E-state index in [1.165, 1.54) is 50.6 Å². The molecule has 0 unspecified atom stereocenters. The molecule has 1 saturated heterocycles. The first-order valence-corrected chi connectivity index (χ1v) is 9.52. The van der Waals surface area contributed by atoms with Crippen LogP contribution < -0.4 is 10.2 Å². The molecule has 1 aliphatic carbocycles. The molecule has 0 spiro atoms. The number of anilines is 2. The minimum absolute atomic E-state index is 0.123. The van der Waals surface area contributed by atoms with Gasteiger partial charge in [0.15, 0.2) is 6.54 Å². The van der Waals surface area contributed by atoms with Gasteiger partial charge in [0, 0.05) is 24.5 Å². The fourth-order valence-corrected chi connectivity index (χ4v) is 4.21. The van der Waals surface area contributed by atoms with Crippen LogP contribution in [0, 0.1) is 0 Å². The van der Waals surface area contributed by atoms with Crippen molar-refractivity contribution in [2.75, 3.05) is 43.9 Å². The summed E-state index contributed by atoms with van der Waals surface area (Å²) in [7, 11) is 4.38. The quantitative estimate of drug-likeness (QED) is 0.836. The van der Waals surface area contributed by atoms with E-state index in [0.717, 1.165) is 23.3 Å². The highest BCUT2D eigenvalue weighted by Gasteiger charge is 2.32. The topological polar surface area (TPSA) is 32.3 Å². The van der Waals surface area contributed by atoms with Crippen molar-refractivity contribution >= 4 is 17.3 Å². The zero-order chi connectivity index (χ0) is 17.0. The van der Waals surface area contributed by atoms with Crippen molar-refractivity contribution in [2.24, 2.45) is 0 Å². The van der Waals surface area contributed by atoms with E-state index in [1.807, 2.05) is 12.1 Å². The highest BCUT2D eigenvalue weighted by molar-refractivity contribution is 5.91. The van der Waals surface area contributed by atoms with Crippen molar-refractivity contribution in [2.45, 2.75) is 51.0 Å². The molecule has 1 N–H and O–H groups in total. The molecule has 1 aromatic rings. The Kier molecular flexibility index (Phi) is 5.44. The Labute approximate surface area is 146 Å². The molecule has 4 heteroatoms. The third-order valence-corrected chi connectivity index (χ3v) is 5.74. The Hall–Kier alpha value is -1.55. The molecule has 0 bridgehead atoms. The number of nitrogens with one attached hydrogen (secondary N) is 1. The Morgan fingerprint density at radius 1 is 1.04 bits per heavy atom. The van der Waals surface area contributed by atoms with E-state index in [9.17, 15) is 4.79 Å². The van der Waals surface area contributed by atoms with E-state index in [4.69, 9.17) is 0 Å². The maximum atomic E-state index is 12.4. The van der Waals surface area contributed by atoms with Crippen molar-refractivity contribution in [3.63, 3.8) is 0 Å². The molecule has 1 amide bonds. The first-order valence-electron chi connectivity index (χ1n) is 9.52. The molecule has 0 radical (unpaired) electrons. The number of carbonyl (C=O) groups is 1.